The van der Waals surface area contributed by atoms with Gasteiger partial charge in [-0.15, -0.1) is 21.5 Å². The number of hydrogen-bond acceptors (Lipinski definition) is 5. The van der Waals surface area contributed by atoms with Crippen LogP contribution in [0.3, 0.4) is 0 Å². The standard InChI is InChI=1S/C24H23N3OS2/c1-17(2)19-10-12-20(13-11-19)21(28)16-30-24-26-25-23(22-9-6-14-29-22)27(24)15-18-7-4-3-5-8-18/h3-14,17H,15-16H2,1-2H3. The van der Waals surface area contributed by atoms with Crippen molar-refractivity contribution < 1.29 is 4.79 Å². The zero-order valence-electron chi connectivity index (χ0n) is 17.0. The minimum Gasteiger partial charge on any atom is -0.297 e. The lowest BCUT2D eigenvalue weighted by Gasteiger charge is -2.10. The first-order valence-corrected chi connectivity index (χ1v) is 11.8. The molecule has 0 saturated carbocycles. The lowest BCUT2D eigenvalue weighted by Crippen LogP contribution is -2.07. The van der Waals surface area contributed by atoms with Gasteiger partial charge in [0.15, 0.2) is 16.8 Å². The maximum Gasteiger partial charge on any atom is 0.192 e. The molecule has 0 bridgehead atoms. The number of carbonyl (C=O) groups is 1. The van der Waals surface area contributed by atoms with Gasteiger partial charge in [-0.1, -0.05) is 86.3 Å². The Hall–Kier alpha value is -2.70. The molecular weight excluding hydrogens is 410 g/mol. The lowest BCUT2D eigenvalue weighted by atomic mass is 10.0. The predicted molar refractivity (Wildman–Crippen MR) is 124 cm³/mol. The maximum atomic E-state index is 12.7. The SMILES string of the molecule is CC(C)c1ccc(C(=O)CSc2nnc(-c3cccs3)n2Cc2ccccc2)cc1. The van der Waals surface area contributed by atoms with Crippen molar-refractivity contribution in [3.05, 3.63) is 88.8 Å². The van der Waals surface area contributed by atoms with Crippen molar-refractivity contribution in [2.45, 2.75) is 31.5 Å². The quantitative estimate of drug-likeness (QED) is 0.247. The van der Waals surface area contributed by atoms with E-state index in [4.69, 9.17) is 0 Å². The largest absolute Gasteiger partial charge is 0.297 e. The minimum atomic E-state index is 0.0993. The molecule has 6 heteroatoms. The normalized spacial score (nSPS) is 11.2. The fraction of sp³-hybridized carbons (Fsp3) is 0.208. The van der Waals surface area contributed by atoms with E-state index in [0.717, 1.165) is 21.4 Å². The highest BCUT2D eigenvalue weighted by Crippen LogP contribution is 2.28. The summed E-state index contributed by atoms with van der Waals surface area (Å²) in [6.45, 7) is 4.97. The van der Waals surface area contributed by atoms with Crippen molar-refractivity contribution in [1.82, 2.24) is 14.8 Å². The molecule has 0 aliphatic heterocycles. The van der Waals surface area contributed by atoms with E-state index in [0.29, 0.717) is 18.2 Å². The molecule has 0 N–H and O–H groups in total. The zero-order valence-corrected chi connectivity index (χ0v) is 18.6. The Morgan fingerprint density at radius 3 is 2.43 bits per heavy atom. The van der Waals surface area contributed by atoms with Crippen LogP contribution in [0.1, 0.15) is 41.3 Å². The Morgan fingerprint density at radius 1 is 1.00 bits per heavy atom. The van der Waals surface area contributed by atoms with Crippen LogP contribution in [0.5, 0.6) is 0 Å². The number of hydrogen-bond donors (Lipinski definition) is 0. The molecule has 0 radical (unpaired) electrons. The molecule has 4 rings (SSSR count). The molecule has 2 heterocycles. The van der Waals surface area contributed by atoms with E-state index >= 15 is 0 Å². The molecule has 4 nitrogen and oxygen atoms in total. The number of thiophene rings is 1. The Morgan fingerprint density at radius 2 is 1.77 bits per heavy atom. The molecule has 30 heavy (non-hydrogen) atoms. The summed E-state index contributed by atoms with van der Waals surface area (Å²) in [6.07, 6.45) is 0. The van der Waals surface area contributed by atoms with Crippen LogP contribution in [-0.4, -0.2) is 26.3 Å². The molecule has 0 aliphatic rings. The minimum absolute atomic E-state index is 0.0993. The summed E-state index contributed by atoms with van der Waals surface area (Å²) in [5.41, 5.74) is 3.15. The van der Waals surface area contributed by atoms with Crippen LogP contribution in [0.2, 0.25) is 0 Å². The number of carbonyl (C=O) groups excluding carboxylic acids is 1. The molecule has 0 spiro atoms. The zero-order chi connectivity index (χ0) is 20.9. The summed E-state index contributed by atoms with van der Waals surface area (Å²) in [7, 11) is 0. The van der Waals surface area contributed by atoms with Crippen LogP contribution in [0.15, 0.2) is 77.3 Å². The first kappa shape index (κ1) is 20.6. The van der Waals surface area contributed by atoms with Gasteiger partial charge < -0.3 is 0 Å². The second-order valence-corrected chi connectivity index (χ2v) is 9.23. The van der Waals surface area contributed by atoms with Crippen molar-refractivity contribution in [3.63, 3.8) is 0 Å². The Kier molecular flexibility index (Phi) is 6.45. The third-order valence-electron chi connectivity index (χ3n) is 4.87. The third-order valence-corrected chi connectivity index (χ3v) is 6.71. The summed E-state index contributed by atoms with van der Waals surface area (Å²) in [5.74, 6) is 1.72. The van der Waals surface area contributed by atoms with E-state index < -0.39 is 0 Å². The van der Waals surface area contributed by atoms with Crippen molar-refractivity contribution in [1.29, 1.82) is 0 Å². The van der Waals surface area contributed by atoms with E-state index in [1.165, 1.54) is 22.9 Å². The van der Waals surface area contributed by atoms with Gasteiger partial charge in [0.2, 0.25) is 0 Å². The van der Waals surface area contributed by atoms with Crippen LogP contribution < -0.4 is 0 Å². The number of nitrogens with zero attached hydrogens (tertiary/aromatic N) is 3. The summed E-state index contributed by atoms with van der Waals surface area (Å²) in [4.78, 5) is 13.8. The molecule has 0 aliphatic carbocycles. The van der Waals surface area contributed by atoms with Crippen molar-refractivity contribution in [2.24, 2.45) is 0 Å². The molecule has 4 aromatic rings. The summed E-state index contributed by atoms with van der Waals surface area (Å²) in [5, 5.41) is 11.6. The molecular formula is C24H23N3OS2. The van der Waals surface area contributed by atoms with Gasteiger partial charge in [-0.3, -0.25) is 9.36 Å². The van der Waals surface area contributed by atoms with Crippen molar-refractivity contribution in [2.75, 3.05) is 5.75 Å². The number of Topliss-reactive ketones (excluding diaryl/α,β-unsaturated/α-hetero) is 1. The van der Waals surface area contributed by atoms with Gasteiger partial charge in [0, 0.05) is 5.56 Å². The summed E-state index contributed by atoms with van der Waals surface area (Å²) in [6, 6.07) is 22.2. The third kappa shape index (κ3) is 4.71. The van der Waals surface area contributed by atoms with Crippen molar-refractivity contribution in [3.8, 4) is 10.7 Å². The molecule has 0 saturated heterocycles. The first-order chi connectivity index (χ1) is 14.6. The maximum absolute atomic E-state index is 12.7. The Bertz CT molecular complexity index is 1100. The van der Waals surface area contributed by atoms with Crippen LogP contribution >= 0.6 is 23.1 Å². The molecule has 2 aromatic heterocycles. The fourth-order valence-corrected chi connectivity index (χ4v) is 4.71. The van der Waals surface area contributed by atoms with E-state index in [1.54, 1.807) is 11.3 Å². The molecule has 0 amide bonds. The van der Waals surface area contributed by atoms with Gasteiger partial charge in [0.25, 0.3) is 0 Å². The smallest absolute Gasteiger partial charge is 0.192 e. The number of thioether (sulfide) groups is 1. The summed E-state index contributed by atoms with van der Waals surface area (Å²) >= 11 is 3.08. The van der Waals surface area contributed by atoms with E-state index in [1.807, 2.05) is 60.0 Å². The first-order valence-electron chi connectivity index (χ1n) is 9.89. The number of benzene rings is 2. The monoisotopic (exact) mass is 433 g/mol. The highest BCUT2D eigenvalue weighted by Gasteiger charge is 2.17. The Labute approximate surface area is 185 Å². The molecule has 2 aromatic carbocycles. The Balaban J connectivity index is 1.54. The van der Waals surface area contributed by atoms with Gasteiger partial charge >= 0.3 is 0 Å². The van der Waals surface area contributed by atoms with Crippen LogP contribution in [0, 0.1) is 0 Å². The average molecular weight is 434 g/mol. The topological polar surface area (TPSA) is 47.8 Å². The number of rotatable bonds is 8. The average Bonchev–Trinajstić information content (AvgIpc) is 3.43. The van der Waals surface area contributed by atoms with Crippen LogP contribution in [0.25, 0.3) is 10.7 Å². The second-order valence-electron chi connectivity index (χ2n) is 7.34. The fourth-order valence-electron chi connectivity index (χ4n) is 3.16. The van der Waals surface area contributed by atoms with Gasteiger partial charge in [-0.25, -0.2) is 0 Å². The molecule has 0 unspecified atom stereocenters. The van der Waals surface area contributed by atoms with Gasteiger partial charge in [0.1, 0.15) is 0 Å². The number of aromatic nitrogens is 3. The lowest BCUT2D eigenvalue weighted by molar-refractivity contribution is 0.102. The van der Waals surface area contributed by atoms with E-state index in [9.17, 15) is 4.79 Å². The van der Waals surface area contributed by atoms with Gasteiger partial charge in [-0.2, -0.15) is 0 Å². The summed E-state index contributed by atoms with van der Waals surface area (Å²) < 4.78 is 2.10. The highest BCUT2D eigenvalue weighted by atomic mass is 32.2. The van der Waals surface area contributed by atoms with Crippen molar-refractivity contribution >= 4 is 28.9 Å². The van der Waals surface area contributed by atoms with Crippen LogP contribution in [-0.2, 0) is 6.54 Å². The molecule has 0 fully saturated rings. The number of ketones is 1. The second kappa shape index (κ2) is 9.41. The molecule has 0 atom stereocenters. The molecule has 152 valence electrons. The van der Waals surface area contributed by atoms with E-state index in [2.05, 4.69) is 40.7 Å². The van der Waals surface area contributed by atoms with Gasteiger partial charge in [-0.05, 0) is 28.5 Å². The predicted octanol–water partition coefficient (Wildman–Crippen LogP) is 6.15. The highest BCUT2D eigenvalue weighted by molar-refractivity contribution is 7.99. The van der Waals surface area contributed by atoms with E-state index in [-0.39, 0.29) is 5.78 Å². The van der Waals surface area contributed by atoms with Crippen LogP contribution in [0.4, 0.5) is 0 Å². The van der Waals surface area contributed by atoms with Gasteiger partial charge in [0.05, 0.1) is 17.2 Å².